The van der Waals surface area contributed by atoms with Crippen LogP contribution in [-0.2, 0) is 16.4 Å². The van der Waals surface area contributed by atoms with Crippen LogP contribution in [0.5, 0.6) is 5.88 Å². The maximum atomic E-state index is 13.9. The monoisotopic (exact) mass is 580 g/mol. The fourth-order valence-electron chi connectivity index (χ4n) is 5.48. The van der Waals surface area contributed by atoms with Gasteiger partial charge in [0.1, 0.15) is 6.07 Å². The van der Waals surface area contributed by atoms with Crippen molar-refractivity contribution in [2.24, 2.45) is 0 Å². The molecule has 1 amide bonds. The highest BCUT2D eigenvalue weighted by molar-refractivity contribution is 5.89. The third-order valence-corrected chi connectivity index (χ3v) is 7.50. The van der Waals surface area contributed by atoms with Crippen molar-refractivity contribution in [1.82, 2.24) is 20.2 Å². The van der Waals surface area contributed by atoms with Gasteiger partial charge in [-0.1, -0.05) is 6.07 Å². The first-order valence-corrected chi connectivity index (χ1v) is 13.8. The Morgan fingerprint density at radius 3 is 2.52 bits per heavy atom. The van der Waals surface area contributed by atoms with Gasteiger partial charge in [0, 0.05) is 38.1 Å². The minimum absolute atomic E-state index is 0.0472. The number of alkyl halides is 3. The summed E-state index contributed by atoms with van der Waals surface area (Å²) < 4.78 is 45.4. The van der Waals surface area contributed by atoms with Crippen LogP contribution in [0.4, 0.5) is 18.9 Å². The van der Waals surface area contributed by atoms with E-state index in [1.54, 1.807) is 18.5 Å². The number of pyridine rings is 2. The van der Waals surface area contributed by atoms with Crippen molar-refractivity contribution in [2.45, 2.75) is 44.3 Å². The van der Waals surface area contributed by atoms with Crippen molar-refractivity contribution in [3.8, 4) is 23.2 Å². The van der Waals surface area contributed by atoms with Crippen LogP contribution in [0.25, 0.3) is 11.3 Å². The van der Waals surface area contributed by atoms with Crippen LogP contribution in [-0.4, -0.2) is 67.2 Å². The second-order valence-electron chi connectivity index (χ2n) is 10.8. The first kappa shape index (κ1) is 30.8. The number of aromatic nitrogens is 2. The molecule has 1 aromatic carbocycles. The number of nitrogens with zero attached hydrogens (tertiary/aromatic N) is 5. The van der Waals surface area contributed by atoms with Crippen molar-refractivity contribution in [1.29, 1.82) is 5.26 Å². The molecule has 1 unspecified atom stereocenters. The summed E-state index contributed by atoms with van der Waals surface area (Å²) >= 11 is 0. The highest BCUT2D eigenvalue weighted by Crippen LogP contribution is 2.40. The summed E-state index contributed by atoms with van der Waals surface area (Å²) in [4.78, 5) is 26.8. The molecule has 4 rings (SSSR count). The minimum atomic E-state index is -4.54. The molecule has 1 saturated heterocycles. The van der Waals surface area contributed by atoms with Crippen molar-refractivity contribution in [3.63, 3.8) is 0 Å². The largest absolute Gasteiger partial charge is 0.477 e. The van der Waals surface area contributed by atoms with E-state index in [0.29, 0.717) is 56.3 Å². The Morgan fingerprint density at radius 2 is 1.93 bits per heavy atom. The van der Waals surface area contributed by atoms with E-state index in [4.69, 9.17) is 4.74 Å². The van der Waals surface area contributed by atoms with E-state index in [9.17, 15) is 23.2 Å². The predicted octanol–water partition coefficient (Wildman–Crippen LogP) is 5.04. The fraction of sp³-hybridized carbons (Fsp3) is 0.419. The SMILES string of the molecule is CCOc1ncccc1-c1ccc(C2(C(=O)NC(C)CN(C)C)CCN(c3ccc(C(F)(F)F)cc3C#N)CC2)cn1. The van der Waals surface area contributed by atoms with Gasteiger partial charge in [-0.05, 0) is 82.7 Å². The number of nitrogens with one attached hydrogen (secondary N) is 1. The van der Waals surface area contributed by atoms with Gasteiger partial charge in [-0.25, -0.2) is 4.98 Å². The number of ether oxygens (including phenoxy) is 1. The maximum Gasteiger partial charge on any atom is 0.416 e. The average Bonchev–Trinajstić information content (AvgIpc) is 2.96. The molecular formula is C31H35F3N6O2. The van der Waals surface area contributed by atoms with Crippen molar-refractivity contribution >= 4 is 11.6 Å². The van der Waals surface area contributed by atoms with Crippen LogP contribution in [0.1, 0.15) is 43.4 Å². The molecule has 42 heavy (non-hydrogen) atoms. The molecule has 2 aromatic heterocycles. The molecule has 1 fully saturated rings. The first-order valence-electron chi connectivity index (χ1n) is 13.8. The zero-order valence-electron chi connectivity index (χ0n) is 24.2. The molecule has 3 aromatic rings. The summed E-state index contributed by atoms with van der Waals surface area (Å²) in [5.41, 5.74) is 0.741. The highest BCUT2D eigenvalue weighted by Gasteiger charge is 2.44. The topological polar surface area (TPSA) is 94.4 Å². The zero-order valence-corrected chi connectivity index (χ0v) is 24.2. The zero-order chi connectivity index (χ0) is 30.5. The molecule has 0 spiro atoms. The Labute approximate surface area is 244 Å². The number of carbonyl (C=O) groups excluding carboxylic acids is 1. The number of benzene rings is 1. The second-order valence-corrected chi connectivity index (χ2v) is 10.8. The van der Waals surface area contributed by atoms with Crippen molar-refractivity contribution in [2.75, 3.05) is 45.2 Å². The molecule has 1 aliphatic heterocycles. The molecule has 8 nitrogen and oxygen atoms in total. The number of hydrogen-bond donors (Lipinski definition) is 1. The average molecular weight is 581 g/mol. The third kappa shape index (κ3) is 6.65. The number of halogens is 3. The van der Waals surface area contributed by atoms with Crippen LogP contribution in [0.3, 0.4) is 0 Å². The standard InChI is InChI=1S/C31H35F3N6O2/c1-5-42-28-25(7-6-14-36-28)26-10-8-24(19-37-26)30(29(41)38-21(2)20-39(3)4)12-15-40(16-13-30)27-11-9-23(31(32,33)34)17-22(27)18-35/h6-11,14,17,19,21H,5,12-13,15-16,20H2,1-4H3,(H,38,41). The number of carbonyl (C=O) groups is 1. The lowest BCUT2D eigenvalue weighted by molar-refractivity contribution is -0.137. The minimum Gasteiger partial charge on any atom is -0.477 e. The summed E-state index contributed by atoms with van der Waals surface area (Å²) in [6, 6.07) is 12.4. The summed E-state index contributed by atoms with van der Waals surface area (Å²) in [5.74, 6) is 0.346. The van der Waals surface area contributed by atoms with E-state index in [-0.39, 0.29) is 17.5 Å². The van der Waals surface area contributed by atoms with Crippen LogP contribution in [0, 0.1) is 11.3 Å². The van der Waals surface area contributed by atoms with Gasteiger partial charge in [0.25, 0.3) is 0 Å². The van der Waals surface area contributed by atoms with Gasteiger partial charge in [-0.15, -0.1) is 0 Å². The molecule has 1 atom stereocenters. The lowest BCUT2D eigenvalue weighted by Crippen LogP contribution is -2.54. The van der Waals surface area contributed by atoms with E-state index in [2.05, 4.69) is 15.3 Å². The van der Waals surface area contributed by atoms with Gasteiger partial charge < -0.3 is 19.9 Å². The van der Waals surface area contributed by atoms with Crippen LogP contribution >= 0.6 is 0 Å². The van der Waals surface area contributed by atoms with E-state index < -0.39 is 17.2 Å². The van der Waals surface area contributed by atoms with E-state index in [1.807, 2.05) is 62.0 Å². The maximum absolute atomic E-state index is 13.9. The smallest absolute Gasteiger partial charge is 0.416 e. The van der Waals surface area contributed by atoms with Gasteiger partial charge >= 0.3 is 6.18 Å². The molecule has 3 heterocycles. The Kier molecular flexibility index (Phi) is 9.36. The lowest BCUT2D eigenvalue weighted by Gasteiger charge is -2.42. The number of rotatable bonds is 9. The Bertz CT molecular complexity index is 1430. The van der Waals surface area contributed by atoms with Gasteiger partial charge in [0.2, 0.25) is 11.8 Å². The molecule has 11 heteroatoms. The summed E-state index contributed by atoms with van der Waals surface area (Å²) in [6.07, 6.45) is -0.405. The fourth-order valence-corrected chi connectivity index (χ4v) is 5.48. The molecule has 0 radical (unpaired) electrons. The van der Waals surface area contributed by atoms with E-state index in [0.717, 1.165) is 23.3 Å². The Balaban J connectivity index is 1.65. The summed E-state index contributed by atoms with van der Waals surface area (Å²) in [7, 11) is 3.87. The number of anilines is 1. The second kappa shape index (κ2) is 12.8. The molecule has 0 bridgehead atoms. The number of likely N-dealkylation sites (N-methyl/N-ethyl adjacent to an activating group) is 1. The summed E-state index contributed by atoms with van der Waals surface area (Å²) in [6.45, 7) is 5.68. The molecule has 222 valence electrons. The lowest BCUT2D eigenvalue weighted by atomic mass is 9.72. The predicted molar refractivity (Wildman–Crippen MR) is 154 cm³/mol. The van der Waals surface area contributed by atoms with Crippen molar-refractivity contribution in [3.05, 3.63) is 71.5 Å². The molecule has 0 saturated carbocycles. The van der Waals surface area contributed by atoms with E-state index >= 15 is 0 Å². The first-order chi connectivity index (χ1) is 20.0. The Hall–Kier alpha value is -4.17. The quantitative estimate of drug-likeness (QED) is 0.379. The van der Waals surface area contributed by atoms with E-state index in [1.165, 1.54) is 6.07 Å². The normalized spacial score (nSPS) is 15.6. The van der Waals surface area contributed by atoms with Crippen LogP contribution in [0.2, 0.25) is 0 Å². The number of amides is 1. The van der Waals surface area contributed by atoms with Gasteiger partial charge in [-0.2, -0.15) is 18.4 Å². The number of hydrogen-bond acceptors (Lipinski definition) is 7. The molecule has 1 aliphatic rings. The van der Waals surface area contributed by atoms with Crippen molar-refractivity contribution < 1.29 is 22.7 Å². The third-order valence-electron chi connectivity index (χ3n) is 7.50. The number of piperidine rings is 1. The summed E-state index contributed by atoms with van der Waals surface area (Å²) in [5, 5.41) is 12.8. The molecule has 1 N–H and O–H groups in total. The van der Waals surface area contributed by atoms with Crippen LogP contribution in [0.15, 0.2) is 54.9 Å². The number of nitriles is 1. The van der Waals surface area contributed by atoms with Gasteiger partial charge in [0.15, 0.2) is 0 Å². The van der Waals surface area contributed by atoms with Gasteiger partial charge in [-0.3, -0.25) is 9.78 Å². The molecular weight excluding hydrogens is 545 g/mol. The van der Waals surface area contributed by atoms with Crippen LogP contribution < -0.4 is 15.0 Å². The van der Waals surface area contributed by atoms with Gasteiger partial charge in [0.05, 0.1) is 40.1 Å². The Morgan fingerprint density at radius 1 is 1.19 bits per heavy atom. The molecule has 0 aliphatic carbocycles. The highest BCUT2D eigenvalue weighted by atomic mass is 19.4.